The third-order valence-electron chi connectivity index (χ3n) is 5.71. The number of hydrazine groups is 1. The van der Waals surface area contributed by atoms with Crippen molar-refractivity contribution in [3.05, 3.63) is 59.2 Å². The van der Waals surface area contributed by atoms with Gasteiger partial charge >= 0.3 is 0 Å². The van der Waals surface area contributed by atoms with E-state index in [1.165, 1.54) is 12.1 Å². The highest BCUT2D eigenvalue weighted by molar-refractivity contribution is 5.95. The summed E-state index contributed by atoms with van der Waals surface area (Å²) in [6.45, 7) is 1.23. The molecule has 2 saturated heterocycles. The number of halogens is 2. The Morgan fingerprint density at radius 2 is 1.93 bits per heavy atom. The number of benzene rings is 2. The summed E-state index contributed by atoms with van der Waals surface area (Å²) in [6.07, 6.45) is 0.743. The summed E-state index contributed by atoms with van der Waals surface area (Å²) < 4.78 is 38.2. The SMILES string of the molecule is O=C(c1ccc2c(c1)OCO2)N1CCC2NNC(c3ccc(F)cc3F)C2C1. The van der Waals surface area contributed by atoms with E-state index in [9.17, 15) is 13.6 Å². The number of hydrogen-bond donors (Lipinski definition) is 2. The fourth-order valence-corrected chi connectivity index (χ4v) is 4.26. The van der Waals surface area contributed by atoms with E-state index in [0.717, 1.165) is 12.5 Å². The summed E-state index contributed by atoms with van der Waals surface area (Å²) in [5.41, 5.74) is 7.25. The molecule has 146 valence electrons. The quantitative estimate of drug-likeness (QED) is 0.829. The van der Waals surface area contributed by atoms with Gasteiger partial charge in [0.2, 0.25) is 6.79 Å². The maximum atomic E-state index is 14.3. The third kappa shape index (κ3) is 2.89. The topological polar surface area (TPSA) is 62.8 Å². The summed E-state index contributed by atoms with van der Waals surface area (Å²) in [4.78, 5) is 14.8. The van der Waals surface area contributed by atoms with Crippen molar-refractivity contribution < 1.29 is 23.0 Å². The molecule has 2 aromatic carbocycles. The lowest BCUT2D eigenvalue weighted by atomic mass is 9.84. The van der Waals surface area contributed by atoms with E-state index < -0.39 is 11.6 Å². The Morgan fingerprint density at radius 1 is 1.07 bits per heavy atom. The minimum atomic E-state index is -0.605. The number of ether oxygens (including phenoxy) is 2. The molecule has 3 atom stereocenters. The summed E-state index contributed by atoms with van der Waals surface area (Å²) in [7, 11) is 0. The van der Waals surface area contributed by atoms with Crippen molar-refractivity contribution in [2.24, 2.45) is 5.92 Å². The van der Waals surface area contributed by atoms with Gasteiger partial charge in [-0.2, -0.15) is 0 Å². The molecule has 0 spiro atoms. The van der Waals surface area contributed by atoms with Crippen molar-refractivity contribution in [3.63, 3.8) is 0 Å². The molecule has 6 nitrogen and oxygen atoms in total. The highest BCUT2D eigenvalue weighted by Gasteiger charge is 2.42. The Kier molecular flexibility index (Phi) is 4.17. The van der Waals surface area contributed by atoms with Gasteiger partial charge in [0, 0.05) is 42.2 Å². The average molecular weight is 387 g/mol. The van der Waals surface area contributed by atoms with Crippen molar-refractivity contribution >= 4 is 5.91 Å². The van der Waals surface area contributed by atoms with Crippen LogP contribution in [0, 0.1) is 17.6 Å². The normalized spacial score (nSPS) is 25.6. The first-order valence-electron chi connectivity index (χ1n) is 9.25. The van der Waals surface area contributed by atoms with Crippen molar-refractivity contribution in [3.8, 4) is 11.5 Å². The van der Waals surface area contributed by atoms with Crippen LogP contribution in [0.15, 0.2) is 36.4 Å². The predicted molar refractivity (Wildman–Crippen MR) is 95.7 cm³/mol. The van der Waals surface area contributed by atoms with Gasteiger partial charge in [-0.25, -0.2) is 14.2 Å². The Morgan fingerprint density at radius 3 is 2.79 bits per heavy atom. The number of nitrogens with one attached hydrogen (secondary N) is 2. The summed E-state index contributed by atoms with van der Waals surface area (Å²) in [5.74, 6) is -0.109. The second kappa shape index (κ2) is 6.72. The van der Waals surface area contributed by atoms with E-state index in [-0.39, 0.29) is 30.7 Å². The van der Waals surface area contributed by atoms with Crippen molar-refractivity contribution in [2.75, 3.05) is 19.9 Å². The second-order valence-electron chi connectivity index (χ2n) is 7.31. The summed E-state index contributed by atoms with van der Waals surface area (Å²) >= 11 is 0. The molecule has 0 radical (unpaired) electrons. The Labute approximate surface area is 160 Å². The largest absolute Gasteiger partial charge is 0.454 e. The molecule has 2 aromatic rings. The van der Waals surface area contributed by atoms with Crippen molar-refractivity contribution in [1.82, 2.24) is 15.8 Å². The Hall–Kier alpha value is -2.71. The highest BCUT2D eigenvalue weighted by atomic mass is 19.1. The first-order chi connectivity index (χ1) is 13.6. The first kappa shape index (κ1) is 17.4. The first-order valence-corrected chi connectivity index (χ1v) is 9.25. The van der Waals surface area contributed by atoms with Crippen LogP contribution in [0.2, 0.25) is 0 Å². The van der Waals surface area contributed by atoms with E-state index in [1.54, 1.807) is 23.1 Å². The molecule has 3 unspecified atom stereocenters. The van der Waals surface area contributed by atoms with Gasteiger partial charge in [-0.3, -0.25) is 10.2 Å². The fraction of sp³-hybridized carbons (Fsp3) is 0.350. The van der Waals surface area contributed by atoms with Crippen LogP contribution in [-0.4, -0.2) is 36.7 Å². The number of likely N-dealkylation sites (tertiary alicyclic amines) is 1. The van der Waals surface area contributed by atoms with Crippen molar-refractivity contribution in [1.29, 1.82) is 0 Å². The second-order valence-corrected chi connectivity index (χ2v) is 7.31. The van der Waals surface area contributed by atoms with E-state index in [4.69, 9.17) is 9.47 Å². The number of carbonyl (C=O) groups excluding carboxylic acids is 1. The molecular weight excluding hydrogens is 368 g/mol. The zero-order valence-electron chi connectivity index (χ0n) is 15.0. The van der Waals surface area contributed by atoms with Gasteiger partial charge in [0.1, 0.15) is 11.6 Å². The van der Waals surface area contributed by atoms with Crippen LogP contribution in [0.4, 0.5) is 8.78 Å². The summed E-state index contributed by atoms with van der Waals surface area (Å²) in [5, 5.41) is 0. The average Bonchev–Trinajstić information content (AvgIpc) is 3.33. The molecule has 0 aliphatic carbocycles. The molecule has 28 heavy (non-hydrogen) atoms. The van der Waals surface area contributed by atoms with Gasteiger partial charge in [0.15, 0.2) is 11.5 Å². The van der Waals surface area contributed by atoms with Crippen LogP contribution in [0.5, 0.6) is 11.5 Å². The molecule has 3 aliphatic rings. The lowest BCUT2D eigenvalue weighted by Crippen LogP contribution is -2.47. The molecular formula is C20H19F2N3O3. The van der Waals surface area contributed by atoms with Crippen molar-refractivity contribution in [2.45, 2.75) is 18.5 Å². The number of fused-ring (bicyclic) bond motifs is 2. The van der Waals surface area contributed by atoms with Gasteiger partial charge < -0.3 is 14.4 Å². The molecule has 2 fully saturated rings. The third-order valence-corrected chi connectivity index (χ3v) is 5.71. The van der Waals surface area contributed by atoms with E-state index in [0.29, 0.717) is 35.7 Å². The molecule has 8 heteroatoms. The number of piperidine rings is 1. The van der Waals surface area contributed by atoms with E-state index >= 15 is 0 Å². The lowest BCUT2D eigenvalue weighted by molar-refractivity contribution is 0.0651. The maximum absolute atomic E-state index is 14.3. The molecule has 0 saturated carbocycles. The van der Waals surface area contributed by atoms with Gasteiger partial charge in [0.05, 0.1) is 6.04 Å². The Bertz CT molecular complexity index is 939. The molecule has 3 heterocycles. The van der Waals surface area contributed by atoms with Crippen LogP contribution in [0.3, 0.4) is 0 Å². The fourth-order valence-electron chi connectivity index (χ4n) is 4.26. The molecule has 0 bridgehead atoms. The van der Waals surface area contributed by atoms with Crippen LogP contribution in [0.1, 0.15) is 28.4 Å². The molecule has 2 N–H and O–H groups in total. The van der Waals surface area contributed by atoms with Gasteiger partial charge in [-0.1, -0.05) is 6.07 Å². The van der Waals surface area contributed by atoms with Gasteiger partial charge in [-0.15, -0.1) is 0 Å². The van der Waals surface area contributed by atoms with E-state index in [2.05, 4.69) is 10.9 Å². The molecule has 3 aliphatic heterocycles. The molecule has 5 rings (SSSR count). The maximum Gasteiger partial charge on any atom is 0.254 e. The number of rotatable bonds is 2. The number of carbonyl (C=O) groups is 1. The van der Waals surface area contributed by atoms with Gasteiger partial charge in [0.25, 0.3) is 5.91 Å². The predicted octanol–water partition coefficient (Wildman–Crippen LogP) is 2.37. The smallest absolute Gasteiger partial charge is 0.254 e. The monoisotopic (exact) mass is 387 g/mol. The number of hydrogen-bond acceptors (Lipinski definition) is 5. The Balaban J connectivity index is 1.37. The standard InChI is InChI=1S/C20H19F2N3O3/c21-12-2-3-13(15(22)8-12)19-14-9-25(6-5-16(14)23-24-19)20(26)11-1-4-17-18(7-11)28-10-27-17/h1-4,7-8,14,16,19,23-24H,5-6,9-10H2. The zero-order valence-corrected chi connectivity index (χ0v) is 15.0. The molecule has 1 amide bonds. The summed E-state index contributed by atoms with van der Waals surface area (Å²) in [6, 6.07) is 8.55. The lowest BCUT2D eigenvalue weighted by Gasteiger charge is -2.36. The minimum Gasteiger partial charge on any atom is -0.454 e. The van der Waals surface area contributed by atoms with Crippen LogP contribution in [0.25, 0.3) is 0 Å². The van der Waals surface area contributed by atoms with Crippen LogP contribution < -0.4 is 20.3 Å². The number of nitrogens with zero attached hydrogens (tertiary/aromatic N) is 1. The minimum absolute atomic E-state index is 0.0216. The van der Waals surface area contributed by atoms with Crippen LogP contribution in [-0.2, 0) is 0 Å². The number of amides is 1. The van der Waals surface area contributed by atoms with Crippen LogP contribution >= 0.6 is 0 Å². The zero-order chi connectivity index (χ0) is 19.3. The molecule has 0 aromatic heterocycles. The highest BCUT2D eigenvalue weighted by Crippen LogP contribution is 2.36. The van der Waals surface area contributed by atoms with E-state index in [1.807, 2.05) is 0 Å². The van der Waals surface area contributed by atoms with Gasteiger partial charge in [-0.05, 0) is 30.7 Å².